The van der Waals surface area contributed by atoms with E-state index in [2.05, 4.69) is 45.1 Å². The van der Waals surface area contributed by atoms with Crippen molar-refractivity contribution in [1.82, 2.24) is 0 Å². The van der Waals surface area contributed by atoms with Gasteiger partial charge < -0.3 is 14.2 Å². The highest BCUT2D eigenvalue weighted by atomic mass is 16.6. The number of unbranched alkanes of at least 4 members (excludes halogenated alkanes) is 51. The van der Waals surface area contributed by atoms with Gasteiger partial charge in [0.1, 0.15) is 13.2 Å². The predicted molar refractivity (Wildman–Crippen MR) is 340 cm³/mol. The minimum Gasteiger partial charge on any atom is -0.462 e. The number of rotatable bonds is 66. The highest BCUT2D eigenvalue weighted by Gasteiger charge is 2.19. The zero-order valence-corrected chi connectivity index (χ0v) is 53.0. The van der Waals surface area contributed by atoms with Crippen LogP contribution in [0.4, 0.5) is 0 Å². The maximum atomic E-state index is 12.9. The van der Waals surface area contributed by atoms with Crippen molar-refractivity contribution in [3.63, 3.8) is 0 Å². The van der Waals surface area contributed by atoms with E-state index >= 15 is 0 Å². The molecule has 0 aliphatic carbocycles. The second-order valence-corrected chi connectivity index (χ2v) is 24.2. The molecule has 0 spiro atoms. The van der Waals surface area contributed by atoms with E-state index in [0.29, 0.717) is 19.3 Å². The van der Waals surface area contributed by atoms with Crippen molar-refractivity contribution in [3.05, 3.63) is 24.3 Å². The Hall–Kier alpha value is -2.11. The first-order valence-corrected chi connectivity index (χ1v) is 35.3. The first kappa shape index (κ1) is 75.9. The summed E-state index contributed by atoms with van der Waals surface area (Å²) in [5.74, 6) is -0.834. The highest BCUT2D eigenvalue weighted by molar-refractivity contribution is 5.71. The maximum absolute atomic E-state index is 12.9. The fourth-order valence-corrected chi connectivity index (χ4v) is 10.9. The van der Waals surface area contributed by atoms with Gasteiger partial charge in [0.15, 0.2) is 6.10 Å². The molecule has 0 saturated heterocycles. The SMILES string of the molecule is CCCCCCC/C=C\C/C=C\CCCCCCCCCCCCCCCCCC(=O)OCC(COC(=O)CCCCCCCCCCCC)OC(=O)CCCCCCCCCCCCCCCCCCCCCCCCC. The number of carbonyl (C=O) groups excluding carboxylic acids is 3. The molecule has 0 aliphatic heterocycles. The Balaban J connectivity index is 4.13. The van der Waals surface area contributed by atoms with Crippen LogP contribution in [0.1, 0.15) is 400 Å². The Bertz CT molecular complexity index is 1260. The smallest absolute Gasteiger partial charge is 0.306 e. The van der Waals surface area contributed by atoms with Crippen molar-refractivity contribution in [2.75, 3.05) is 13.2 Å². The fourth-order valence-electron chi connectivity index (χ4n) is 10.9. The fraction of sp³-hybridized carbons (Fsp3) is 0.903. The number of ether oxygens (including phenoxy) is 3. The summed E-state index contributed by atoms with van der Waals surface area (Å²) in [7, 11) is 0. The van der Waals surface area contributed by atoms with Gasteiger partial charge >= 0.3 is 17.9 Å². The number of allylic oxidation sites excluding steroid dienone is 4. The summed E-state index contributed by atoms with van der Waals surface area (Å²) in [6.45, 7) is 6.70. The van der Waals surface area contributed by atoms with Gasteiger partial charge in [0.25, 0.3) is 0 Å². The molecule has 0 aromatic rings. The van der Waals surface area contributed by atoms with Crippen LogP contribution < -0.4 is 0 Å². The van der Waals surface area contributed by atoms with Crippen molar-refractivity contribution in [2.45, 2.75) is 406 Å². The van der Waals surface area contributed by atoms with Gasteiger partial charge in [0.05, 0.1) is 0 Å². The van der Waals surface area contributed by atoms with Gasteiger partial charge in [-0.15, -0.1) is 0 Å². The number of esters is 3. The van der Waals surface area contributed by atoms with E-state index in [1.807, 2.05) is 0 Å². The molecule has 460 valence electrons. The molecule has 6 heteroatoms. The second kappa shape index (κ2) is 67.4. The summed E-state index contributed by atoms with van der Waals surface area (Å²) in [6, 6.07) is 0. The molecule has 1 unspecified atom stereocenters. The molecule has 0 radical (unpaired) electrons. The molecule has 0 rings (SSSR count). The van der Waals surface area contributed by atoms with Crippen molar-refractivity contribution < 1.29 is 28.6 Å². The van der Waals surface area contributed by atoms with Crippen molar-refractivity contribution in [1.29, 1.82) is 0 Å². The summed E-state index contributed by atoms with van der Waals surface area (Å²) in [5.41, 5.74) is 0. The van der Waals surface area contributed by atoms with Crippen LogP contribution in [0.5, 0.6) is 0 Å². The topological polar surface area (TPSA) is 78.9 Å². The average Bonchev–Trinajstić information content (AvgIpc) is 3.44. The zero-order chi connectivity index (χ0) is 56.4. The number of hydrogen-bond donors (Lipinski definition) is 0. The van der Waals surface area contributed by atoms with Crippen molar-refractivity contribution in [3.8, 4) is 0 Å². The molecular weight excluding hydrogens is 961 g/mol. The molecule has 0 saturated carbocycles. The average molecular weight is 1100 g/mol. The molecule has 0 heterocycles. The molecule has 0 amide bonds. The van der Waals surface area contributed by atoms with Crippen LogP contribution >= 0.6 is 0 Å². The minimum atomic E-state index is -0.766. The predicted octanol–water partition coefficient (Wildman–Crippen LogP) is 24.2. The summed E-state index contributed by atoms with van der Waals surface area (Å²) in [6.07, 6.45) is 82.2. The normalized spacial score (nSPS) is 12.1. The van der Waals surface area contributed by atoms with Gasteiger partial charge in [-0.2, -0.15) is 0 Å². The lowest BCUT2D eigenvalue weighted by Crippen LogP contribution is -2.30. The van der Waals surface area contributed by atoms with E-state index in [1.165, 1.54) is 295 Å². The standard InChI is InChI=1S/C72H136O6/c1-4-7-10-13-16-19-22-24-26-28-30-32-34-35-36-37-39-40-42-44-46-48-50-53-56-59-62-65-71(74)77-68-69(67-76-70(73)64-61-58-55-52-21-18-15-12-9-6-3)78-72(75)66-63-60-57-54-51-49-47-45-43-41-38-33-31-29-27-25-23-20-17-14-11-8-5-2/h22,24,28,30,69H,4-21,23,25-27,29,31-68H2,1-3H3/b24-22-,30-28-. The van der Waals surface area contributed by atoms with Crippen LogP contribution in [-0.2, 0) is 28.6 Å². The van der Waals surface area contributed by atoms with E-state index in [1.54, 1.807) is 0 Å². The van der Waals surface area contributed by atoms with Gasteiger partial charge in [0.2, 0.25) is 0 Å². The first-order chi connectivity index (χ1) is 38.5. The lowest BCUT2D eigenvalue weighted by molar-refractivity contribution is -0.167. The van der Waals surface area contributed by atoms with Gasteiger partial charge in [-0.1, -0.05) is 353 Å². The molecule has 78 heavy (non-hydrogen) atoms. The Morgan fingerprint density at radius 3 is 0.705 bits per heavy atom. The van der Waals surface area contributed by atoms with Gasteiger partial charge in [0, 0.05) is 19.3 Å². The monoisotopic (exact) mass is 1100 g/mol. The van der Waals surface area contributed by atoms with E-state index < -0.39 is 6.10 Å². The molecule has 6 nitrogen and oxygen atoms in total. The number of carbonyl (C=O) groups is 3. The largest absolute Gasteiger partial charge is 0.462 e. The molecule has 0 aromatic carbocycles. The Morgan fingerprint density at radius 2 is 0.462 bits per heavy atom. The minimum absolute atomic E-state index is 0.0642. The maximum Gasteiger partial charge on any atom is 0.306 e. The highest BCUT2D eigenvalue weighted by Crippen LogP contribution is 2.19. The van der Waals surface area contributed by atoms with Gasteiger partial charge in [-0.25, -0.2) is 0 Å². The first-order valence-electron chi connectivity index (χ1n) is 35.3. The van der Waals surface area contributed by atoms with E-state index in [4.69, 9.17) is 14.2 Å². The molecule has 1 atom stereocenters. The van der Waals surface area contributed by atoms with Crippen LogP contribution in [0, 0.1) is 0 Å². The molecule has 0 N–H and O–H groups in total. The van der Waals surface area contributed by atoms with Gasteiger partial charge in [-0.05, 0) is 51.4 Å². The third-order valence-electron chi connectivity index (χ3n) is 16.2. The molecule has 0 bridgehead atoms. The van der Waals surface area contributed by atoms with E-state index in [9.17, 15) is 14.4 Å². The number of hydrogen-bond acceptors (Lipinski definition) is 6. The van der Waals surface area contributed by atoms with Crippen LogP contribution in [0.3, 0.4) is 0 Å². The molecule has 0 aromatic heterocycles. The lowest BCUT2D eigenvalue weighted by Gasteiger charge is -2.18. The van der Waals surface area contributed by atoms with Crippen LogP contribution in [0.2, 0.25) is 0 Å². The Labute approximate surface area is 487 Å². The van der Waals surface area contributed by atoms with Crippen LogP contribution in [-0.4, -0.2) is 37.2 Å². The second-order valence-electron chi connectivity index (χ2n) is 24.2. The van der Waals surface area contributed by atoms with Crippen molar-refractivity contribution in [2.24, 2.45) is 0 Å². The Kier molecular flexibility index (Phi) is 65.6. The summed E-state index contributed by atoms with van der Waals surface area (Å²) in [4.78, 5) is 38.3. The lowest BCUT2D eigenvalue weighted by atomic mass is 10.0. The summed E-state index contributed by atoms with van der Waals surface area (Å²) < 4.78 is 17.0. The summed E-state index contributed by atoms with van der Waals surface area (Å²) >= 11 is 0. The van der Waals surface area contributed by atoms with E-state index in [0.717, 1.165) is 64.2 Å². The van der Waals surface area contributed by atoms with Crippen LogP contribution in [0.25, 0.3) is 0 Å². The molecule has 0 aliphatic rings. The third kappa shape index (κ3) is 64.7. The third-order valence-corrected chi connectivity index (χ3v) is 16.2. The summed E-state index contributed by atoms with van der Waals surface area (Å²) in [5, 5.41) is 0. The zero-order valence-electron chi connectivity index (χ0n) is 53.0. The van der Waals surface area contributed by atoms with Gasteiger partial charge in [-0.3, -0.25) is 14.4 Å². The van der Waals surface area contributed by atoms with Crippen molar-refractivity contribution >= 4 is 17.9 Å². The quantitative estimate of drug-likeness (QED) is 0.0261. The Morgan fingerprint density at radius 1 is 0.256 bits per heavy atom. The molecule has 0 fully saturated rings. The van der Waals surface area contributed by atoms with Crippen LogP contribution in [0.15, 0.2) is 24.3 Å². The molecular formula is C72H136O6. The van der Waals surface area contributed by atoms with E-state index in [-0.39, 0.29) is 31.1 Å².